The van der Waals surface area contributed by atoms with Crippen LogP contribution in [-0.2, 0) is 23.9 Å². The van der Waals surface area contributed by atoms with Gasteiger partial charge in [-0.05, 0) is 55.9 Å². The molecule has 3 aliphatic rings. The molecule has 1 aromatic rings. The minimum atomic E-state index is -1.18. The molecule has 1 spiro atoms. The summed E-state index contributed by atoms with van der Waals surface area (Å²) in [6.45, 7) is 11.4. The third-order valence-electron chi connectivity index (χ3n) is 8.32. The SMILES string of the molecule is C=CCCCOC(=O)[C@@H]1[C@H]2C(=O)N([C@@H](CO)C(C)C)C(C(=O)N(CC=C)c3ccc(OC)cc3)C23CC[C@H]1O3. The van der Waals surface area contributed by atoms with E-state index in [1.807, 2.05) is 13.8 Å². The number of carbonyl (C=O) groups excluding carboxylic acids is 3. The first-order chi connectivity index (χ1) is 18.7. The molecule has 3 heterocycles. The van der Waals surface area contributed by atoms with Crippen molar-refractivity contribution < 1.29 is 33.7 Å². The Morgan fingerprint density at radius 2 is 1.97 bits per heavy atom. The van der Waals surface area contributed by atoms with Crippen LogP contribution in [0.2, 0.25) is 0 Å². The third kappa shape index (κ3) is 4.98. The van der Waals surface area contributed by atoms with E-state index >= 15 is 0 Å². The number of benzene rings is 1. The van der Waals surface area contributed by atoms with Gasteiger partial charge in [0.25, 0.3) is 5.91 Å². The largest absolute Gasteiger partial charge is 0.497 e. The van der Waals surface area contributed by atoms with Crippen LogP contribution in [0.15, 0.2) is 49.6 Å². The zero-order valence-electron chi connectivity index (χ0n) is 23.1. The van der Waals surface area contributed by atoms with Crippen molar-refractivity contribution in [2.45, 2.75) is 63.3 Å². The fourth-order valence-electron chi connectivity index (χ4n) is 6.47. The number of allylic oxidation sites excluding steroid dienone is 1. The maximum absolute atomic E-state index is 14.5. The number of carbonyl (C=O) groups is 3. The first-order valence-electron chi connectivity index (χ1n) is 13.7. The topological polar surface area (TPSA) is 106 Å². The number of aliphatic hydroxyl groups is 1. The Labute approximate surface area is 230 Å². The molecule has 9 heteroatoms. The number of anilines is 1. The molecule has 2 unspecified atom stereocenters. The zero-order valence-corrected chi connectivity index (χ0v) is 23.1. The molecule has 39 heavy (non-hydrogen) atoms. The molecule has 3 aliphatic heterocycles. The van der Waals surface area contributed by atoms with Gasteiger partial charge in [-0.3, -0.25) is 14.4 Å². The molecule has 3 fully saturated rings. The van der Waals surface area contributed by atoms with Gasteiger partial charge in [0.1, 0.15) is 17.4 Å². The van der Waals surface area contributed by atoms with Crippen LogP contribution in [0.4, 0.5) is 5.69 Å². The van der Waals surface area contributed by atoms with Crippen LogP contribution in [0.25, 0.3) is 0 Å². The van der Waals surface area contributed by atoms with Gasteiger partial charge in [0, 0.05) is 12.2 Å². The van der Waals surface area contributed by atoms with E-state index in [2.05, 4.69) is 13.2 Å². The number of unbranched alkanes of at least 4 members (excludes halogenated alkanes) is 1. The number of rotatable bonds is 13. The number of likely N-dealkylation sites (tertiary alicyclic amines) is 1. The van der Waals surface area contributed by atoms with Gasteiger partial charge in [-0.15, -0.1) is 13.2 Å². The quantitative estimate of drug-likeness (QED) is 0.233. The summed E-state index contributed by atoms with van der Waals surface area (Å²) < 4.78 is 17.3. The highest BCUT2D eigenvalue weighted by molar-refractivity contribution is 6.04. The first-order valence-corrected chi connectivity index (χ1v) is 13.7. The molecule has 2 amide bonds. The van der Waals surface area contributed by atoms with E-state index in [0.717, 1.165) is 0 Å². The highest BCUT2D eigenvalue weighted by Crippen LogP contribution is 2.59. The predicted octanol–water partition coefficient (Wildman–Crippen LogP) is 3.12. The van der Waals surface area contributed by atoms with Crippen LogP contribution < -0.4 is 9.64 Å². The highest BCUT2D eigenvalue weighted by Gasteiger charge is 2.75. The zero-order chi connectivity index (χ0) is 28.3. The van der Waals surface area contributed by atoms with Crippen molar-refractivity contribution in [3.8, 4) is 5.75 Å². The molecule has 3 saturated heterocycles. The molecule has 0 aliphatic carbocycles. The fraction of sp³-hybridized carbons (Fsp3) is 0.567. The Hall–Kier alpha value is -3.17. The maximum Gasteiger partial charge on any atom is 0.312 e. The lowest BCUT2D eigenvalue weighted by Crippen LogP contribution is -2.59. The van der Waals surface area contributed by atoms with Crippen molar-refractivity contribution in [3.05, 3.63) is 49.6 Å². The van der Waals surface area contributed by atoms with Crippen molar-refractivity contribution in [2.75, 3.05) is 31.8 Å². The van der Waals surface area contributed by atoms with Crippen molar-refractivity contribution in [3.63, 3.8) is 0 Å². The summed E-state index contributed by atoms with van der Waals surface area (Å²) in [6, 6.07) is 5.44. The Morgan fingerprint density at radius 1 is 1.26 bits per heavy atom. The lowest BCUT2D eigenvalue weighted by atomic mass is 9.70. The van der Waals surface area contributed by atoms with Gasteiger partial charge in [-0.1, -0.05) is 26.0 Å². The van der Waals surface area contributed by atoms with Crippen molar-refractivity contribution in [1.82, 2.24) is 4.90 Å². The first kappa shape index (κ1) is 28.8. The molecule has 6 atom stereocenters. The molecule has 9 nitrogen and oxygen atoms in total. The molecule has 0 radical (unpaired) electrons. The van der Waals surface area contributed by atoms with E-state index in [0.29, 0.717) is 37.1 Å². The average Bonchev–Trinajstić information content (AvgIpc) is 3.57. The van der Waals surface area contributed by atoms with Gasteiger partial charge in [0.05, 0.1) is 44.3 Å². The standard InChI is InChI=1S/C30H40N2O7/c1-6-8-9-17-38-29(36)24-23-14-15-30(39-23)25(24)27(34)32(22(18-33)19(3)4)26(30)28(35)31(16-7-2)20-10-12-21(37-5)13-11-20/h6-7,10-13,19,22-26,33H,1-2,8-9,14-18H2,3-5H3/t22-,23+,24-,25-,26?,30?/m0/s1. The Kier molecular flexibility index (Phi) is 8.81. The lowest BCUT2D eigenvalue weighted by Gasteiger charge is -2.40. The Bertz CT molecular complexity index is 1090. The number of methoxy groups -OCH3 is 1. The molecule has 212 valence electrons. The van der Waals surface area contributed by atoms with Gasteiger partial charge in [0.15, 0.2) is 0 Å². The summed E-state index contributed by atoms with van der Waals surface area (Å²) in [5, 5.41) is 10.4. The van der Waals surface area contributed by atoms with E-state index in [4.69, 9.17) is 14.2 Å². The number of ether oxygens (including phenoxy) is 3. The van der Waals surface area contributed by atoms with Gasteiger partial charge < -0.3 is 29.1 Å². The van der Waals surface area contributed by atoms with Gasteiger partial charge >= 0.3 is 5.97 Å². The molecule has 1 N–H and O–H groups in total. The second-order valence-corrected chi connectivity index (χ2v) is 10.8. The minimum absolute atomic E-state index is 0.139. The van der Waals surface area contributed by atoms with E-state index in [1.165, 1.54) is 4.90 Å². The fourth-order valence-corrected chi connectivity index (χ4v) is 6.47. The summed E-state index contributed by atoms with van der Waals surface area (Å²) in [5.41, 5.74) is -0.568. The van der Waals surface area contributed by atoms with Crippen molar-refractivity contribution in [2.24, 2.45) is 17.8 Å². The van der Waals surface area contributed by atoms with Crippen molar-refractivity contribution in [1.29, 1.82) is 0 Å². The second kappa shape index (κ2) is 11.9. The molecular formula is C30H40N2O7. The monoisotopic (exact) mass is 540 g/mol. The molecule has 1 aromatic carbocycles. The average molecular weight is 541 g/mol. The highest BCUT2D eigenvalue weighted by atomic mass is 16.6. The third-order valence-corrected chi connectivity index (χ3v) is 8.32. The Morgan fingerprint density at radius 3 is 2.56 bits per heavy atom. The lowest BCUT2D eigenvalue weighted by molar-refractivity contribution is -0.156. The summed E-state index contributed by atoms with van der Waals surface area (Å²) in [4.78, 5) is 45.0. The Balaban J connectivity index is 1.74. The van der Waals surface area contributed by atoms with Gasteiger partial charge in [-0.2, -0.15) is 0 Å². The number of aliphatic hydroxyl groups excluding tert-OH is 1. The molecule has 0 aromatic heterocycles. The summed E-state index contributed by atoms with van der Waals surface area (Å²) in [7, 11) is 1.57. The van der Waals surface area contributed by atoms with E-state index in [1.54, 1.807) is 48.4 Å². The number of amides is 2. The number of hydrogen-bond donors (Lipinski definition) is 1. The van der Waals surface area contributed by atoms with Gasteiger partial charge in [0.2, 0.25) is 5.91 Å². The van der Waals surface area contributed by atoms with E-state index < -0.39 is 41.6 Å². The van der Waals surface area contributed by atoms with Crippen LogP contribution in [0.3, 0.4) is 0 Å². The molecule has 0 saturated carbocycles. The maximum atomic E-state index is 14.5. The van der Waals surface area contributed by atoms with Gasteiger partial charge in [-0.25, -0.2) is 0 Å². The normalized spacial score (nSPS) is 27.8. The smallest absolute Gasteiger partial charge is 0.312 e. The molecular weight excluding hydrogens is 500 g/mol. The van der Waals surface area contributed by atoms with Crippen molar-refractivity contribution >= 4 is 23.5 Å². The second-order valence-electron chi connectivity index (χ2n) is 10.8. The number of fused-ring (bicyclic) bond motifs is 1. The number of nitrogens with zero attached hydrogens (tertiary/aromatic N) is 2. The summed E-state index contributed by atoms with van der Waals surface area (Å²) in [6.07, 6.45) is 5.25. The number of esters is 1. The predicted molar refractivity (Wildman–Crippen MR) is 146 cm³/mol. The summed E-state index contributed by atoms with van der Waals surface area (Å²) >= 11 is 0. The number of hydrogen-bond acceptors (Lipinski definition) is 7. The van der Waals surface area contributed by atoms with Crippen LogP contribution in [-0.4, -0.2) is 78.4 Å². The molecule has 2 bridgehead atoms. The van der Waals surface area contributed by atoms with E-state index in [-0.39, 0.29) is 37.5 Å². The van der Waals surface area contributed by atoms with E-state index in [9.17, 15) is 19.5 Å². The molecule has 4 rings (SSSR count). The van der Waals surface area contributed by atoms with Crippen LogP contribution in [0, 0.1) is 17.8 Å². The van der Waals surface area contributed by atoms with Crippen LogP contribution in [0.5, 0.6) is 5.75 Å². The minimum Gasteiger partial charge on any atom is -0.497 e. The van der Waals surface area contributed by atoms with Crippen LogP contribution >= 0.6 is 0 Å². The van der Waals surface area contributed by atoms with Crippen LogP contribution in [0.1, 0.15) is 39.5 Å². The summed E-state index contributed by atoms with van der Waals surface area (Å²) in [5.74, 6) is -2.30.